The maximum Gasteiger partial charge on any atom is 0.228 e. The van der Waals surface area contributed by atoms with Crippen molar-refractivity contribution in [3.05, 3.63) is 53.6 Å². The lowest BCUT2D eigenvalue weighted by Crippen LogP contribution is -2.16. The van der Waals surface area contributed by atoms with Gasteiger partial charge in [0, 0.05) is 11.6 Å². The zero-order valence-electron chi connectivity index (χ0n) is 13.0. The molecule has 0 spiro atoms. The summed E-state index contributed by atoms with van der Waals surface area (Å²) < 4.78 is 11.2. The Balaban J connectivity index is 1.43. The van der Waals surface area contributed by atoms with Crippen LogP contribution < -0.4 is 14.8 Å². The predicted molar refractivity (Wildman–Crippen MR) is 88.1 cm³/mol. The second-order valence-electron chi connectivity index (χ2n) is 6.21. The first-order valence-corrected chi connectivity index (χ1v) is 7.98. The Bertz CT molecular complexity index is 739. The number of carbonyl (C=O) groups excluding carboxylic acids is 1. The monoisotopic (exact) mass is 309 g/mol. The summed E-state index contributed by atoms with van der Waals surface area (Å²) in [5.41, 5.74) is 3.19. The fraction of sp³-hybridized carbons (Fsp3) is 0.316. The minimum atomic E-state index is 0.0406. The largest absolute Gasteiger partial charge is 0.486 e. The molecule has 0 aromatic heterocycles. The second kappa shape index (κ2) is 5.61. The maximum atomic E-state index is 12.4. The van der Waals surface area contributed by atoms with Gasteiger partial charge in [-0.15, -0.1) is 0 Å². The Labute approximate surface area is 135 Å². The van der Waals surface area contributed by atoms with Gasteiger partial charge in [-0.05, 0) is 49.1 Å². The molecule has 2 aromatic rings. The van der Waals surface area contributed by atoms with Gasteiger partial charge in [0.1, 0.15) is 13.2 Å². The van der Waals surface area contributed by atoms with E-state index >= 15 is 0 Å². The predicted octanol–water partition coefficient (Wildman–Crippen LogP) is 3.51. The Hall–Kier alpha value is -2.49. The smallest absolute Gasteiger partial charge is 0.228 e. The van der Waals surface area contributed by atoms with Crippen LogP contribution in [-0.2, 0) is 4.79 Å². The summed E-state index contributed by atoms with van der Waals surface area (Å²) >= 11 is 0. The lowest BCUT2D eigenvalue weighted by atomic mass is 10.1. The molecule has 0 saturated heterocycles. The average Bonchev–Trinajstić information content (AvgIpc) is 3.37. The molecule has 1 aliphatic carbocycles. The number of anilines is 1. The summed E-state index contributed by atoms with van der Waals surface area (Å²) in [5.74, 6) is 1.99. The normalized spacial score (nSPS) is 21.6. The van der Waals surface area contributed by atoms with Crippen molar-refractivity contribution in [2.45, 2.75) is 19.3 Å². The van der Waals surface area contributed by atoms with E-state index in [-0.39, 0.29) is 17.7 Å². The molecule has 23 heavy (non-hydrogen) atoms. The van der Waals surface area contributed by atoms with E-state index in [1.165, 1.54) is 5.56 Å². The van der Waals surface area contributed by atoms with E-state index in [2.05, 4.69) is 5.32 Å². The van der Waals surface area contributed by atoms with E-state index < -0.39 is 0 Å². The topological polar surface area (TPSA) is 47.6 Å². The third-order valence-electron chi connectivity index (χ3n) is 4.44. The van der Waals surface area contributed by atoms with Crippen LogP contribution in [-0.4, -0.2) is 19.1 Å². The van der Waals surface area contributed by atoms with Crippen LogP contribution in [0.4, 0.5) is 5.69 Å². The number of hydrogen-bond acceptors (Lipinski definition) is 3. The number of nitrogens with one attached hydrogen (secondary N) is 1. The van der Waals surface area contributed by atoms with E-state index in [9.17, 15) is 4.79 Å². The Morgan fingerprint density at radius 3 is 2.57 bits per heavy atom. The van der Waals surface area contributed by atoms with E-state index in [4.69, 9.17) is 9.47 Å². The van der Waals surface area contributed by atoms with Gasteiger partial charge in [0.05, 0.1) is 0 Å². The number of amides is 1. The molecule has 118 valence electrons. The van der Waals surface area contributed by atoms with Gasteiger partial charge in [0.15, 0.2) is 11.5 Å². The average molecular weight is 309 g/mol. The highest BCUT2D eigenvalue weighted by molar-refractivity contribution is 5.95. The highest BCUT2D eigenvalue weighted by Gasteiger charge is 2.44. The molecule has 4 rings (SSSR count). The number of rotatable bonds is 3. The summed E-state index contributed by atoms with van der Waals surface area (Å²) in [4.78, 5) is 12.4. The minimum absolute atomic E-state index is 0.0406. The van der Waals surface area contributed by atoms with E-state index in [0.717, 1.165) is 29.2 Å². The van der Waals surface area contributed by atoms with Gasteiger partial charge >= 0.3 is 0 Å². The van der Waals surface area contributed by atoms with Crippen molar-refractivity contribution in [3.8, 4) is 11.5 Å². The van der Waals surface area contributed by atoms with E-state index in [1.807, 2.05) is 49.4 Å². The number of benzene rings is 2. The summed E-state index contributed by atoms with van der Waals surface area (Å²) in [6.45, 7) is 3.21. The molecule has 2 atom stereocenters. The fourth-order valence-corrected chi connectivity index (χ4v) is 3.02. The summed E-state index contributed by atoms with van der Waals surface area (Å²) in [6.07, 6.45) is 0.886. The number of aryl methyl sites for hydroxylation is 1. The van der Waals surface area contributed by atoms with Crippen molar-refractivity contribution in [2.24, 2.45) is 5.92 Å². The standard InChI is InChI=1S/C19H19NO3/c1-12-2-5-14(6-3-12)20-19(21)16-11-15(16)13-4-7-17-18(10-13)23-9-8-22-17/h2-7,10,15-16H,8-9,11H2,1H3,(H,20,21)/t15-,16-/m1/s1. The molecule has 1 N–H and O–H groups in total. The molecule has 1 amide bonds. The van der Waals surface area contributed by atoms with Crippen molar-refractivity contribution in [1.29, 1.82) is 0 Å². The molecule has 1 heterocycles. The molecule has 0 bridgehead atoms. The first-order valence-electron chi connectivity index (χ1n) is 7.98. The van der Waals surface area contributed by atoms with Crippen LogP contribution in [0.25, 0.3) is 0 Å². The molecular formula is C19H19NO3. The summed E-state index contributed by atoms with van der Waals surface area (Å²) in [5, 5.41) is 3.00. The summed E-state index contributed by atoms with van der Waals surface area (Å²) in [6, 6.07) is 13.9. The third-order valence-corrected chi connectivity index (χ3v) is 4.44. The molecule has 1 aliphatic heterocycles. The Kier molecular flexibility index (Phi) is 3.45. The van der Waals surface area contributed by atoms with Crippen LogP contribution >= 0.6 is 0 Å². The highest BCUT2D eigenvalue weighted by atomic mass is 16.6. The maximum absolute atomic E-state index is 12.4. The molecule has 4 heteroatoms. The molecule has 0 radical (unpaired) electrons. The van der Waals surface area contributed by atoms with Gasteiger partial charge in [0.2, 0.25) is 5.91 Å². The molecule has 1 fully saturated rings. The lowest BCUT2D eigenvalue weighted by molar-refractivity contribution is -0.117. The third kappa shape index (κ3) is 2.89. The van der Waals surface area contributed by atoms with Crippen molar-refractivity contribution >= 4 is 11.6 Å². The van der Waals surface area contributed by atoms with Crippen LogP contribution in [0.15, 0.2) is 42.5 Å². The second-order valence-corrected chi connectivity index (χ2v) is 6.21. The summed E-state index contributed by atoms with van der Waals surface area (Å²) in [7, 11) is 0. The lowest BCUT2D eigenvalue weighted by Gasteiger charge is -2.18. The number of fused-ring (bicyclic) bond motifs is 1. The highest BCUT2D eigenvalue weighted by Crippen LogP contribution is 2.49. The molecule has 4 nitrogen and oxygen atoms in total. The van der Waals surface area contributed by atoms with Gasteiger partial charge in [-0.1, -0.05) is 23.8 Å². The Morgan fingerprint density at radius 1 is 1.04 bits per heavy atom. The van der Waals surface area contributed by atoms with Crippen LogP contribution in [0.5, 0.6) is 11.5 Å². The van der Waals surface area contributed by atoms with Crippen molar-refractivity contribution < 1.29 is 14.3 Å². The SMILES string of the molecule is Cc1ccc(NC(=O)[C@@H]2C[C@@H]2c2ccc3c(c2)OCCO3)cc1. The molecule has 2 aromatic carbocycles. The zero-order valence-corrected chi connectivity index (χ0v) is 13.0. The molecule has 2 aliphatic rings. The quantitative estimate of drug-likeness (QED) is 0.944. The molecule has 0 unspecified atom stereocenters. The number of hydrogen-bond donors (Lipinski definition) is 1. The van der Waals surface area contributed by atoms with Crippen molar-refractivity contribution in [1.82, 2.24) is 0 Å². The van der Waals surface area contributed by atoms with E-state index in [0.29, 0.717) is 13.2 Å². The van der Waals surface area contributed by atoms with Gasteiger partial charge in [-0.25, -0.2) is 0 Å². The van der Waals surface area contributed by atoms with Crippen LogP contribution in [0.3, 0.4) is 0 Å². The first-order chi connectivity index (χ1) is 11.2. The van der Waals surface area contributed by atoms with Gasteiger partial charge < -0.3 is 14.8 Å². The van der Waals surface area contributed by atoms with E-state index in [1.54, 1.807) is 0 Å². The van der Waals surface area contributed by atoms with Crippen LogP contribution in [0.2, 0.25) is 0 Å². The minimum Gasteiger partial charge on any atom is -0.486 e. The van der Waals surface area contributed by atoms with Crippen LogP contribution in [0, 0.1) is 12.8 Å². The first kappa shape index (κ1) is 14.1. The molecular weight excluding hydrogens is 290 g/mol. The van der Waals surface area contributed by atoms with Gasteiger partial charge in [-0.2, -0.15) is 0 Å². The fourth-order valence-electron chi connectivity index (χ4n) is 3.02. The zero-order chi connectivity index (χ0) is 15.8. The van der Waals surface area contributed by atoms with Crippen LogP contribution in [0.1, 0.15) is 23.5 Å². The van der Waals surface area contributed by atoms with Crippen molar-refractivity contribution in [2.75, 3.05) is 18.5 Å². The molecule has 1 saturated carbocycles. The van der Waals surface area contributed by atoms with Gasteiger partial charge in [-0.3, -0.25) is 4.79 Å². The van der Waals surface area contributed by atoms with Crippen molar-refractivity contribution in [3.63, 3.8) is 0 Å². The van der Waals surface area contributed by atoms with Gasteiger partial charge in [0.25, 0.3) is 0 Å². The number of carbonyl (C=O) groups is 1. The number of ether oxygens (including phenoxy) is 2. The Morgan fingerprint density at radius 2 is 1.78 bits per heavy atom.